The van der Waals surface area contributed by atoms with E-state index in [0.717, 1.165) is 69.6 Å². The minimum Gasteiger partial charge on any atom is -0.462 e. The highest BCUT2D eigenvalue weighted by Crippen LogP contribution is 2.18. The molecular formula is C57H110O6. The monoisotopic (exact) mass is 891 g/mol. The van der Waals surface area contributed by atoms with Crippen LogP contribution in [0.2, 0.25) is 0 Å². The topological polar surface area (TPSA) is 78.9 Å². The molecule has 0 bridgehead atoms. The number of hydrogen-bond acceptors (Lipinski definition) is 6. The van der Waals surface area contributed by atoms with Gasteiger partial charge in [0.2, 0.25) is 0 Å². The van der Waals surface area contributed by atoms with Crippen LogP contribution in [0.3, 0.4) is 0 Å². The van der Waals surface area contributed by atoms with Gasteiger partial charge in [-0.25, -0.2) is 0 Å². The smallest absolute Gasteiger partial charge is 0.306 e. The van der Waals surface area contributed by atoms with Crippen LogP contribution >= 0.6 is 0 Å². The van der Waals surface area contributed by atoms with Gasteiger partial charge in [-0.1, -0.05) is 279 Å². The fourth-order valence-corrected chi connectivity index (χ4v) is 8.66. The van der Waals surface area contributed by atoms with Crippen molar-refractivity contribution in [2.75, 3.05) is 13.2 Å². The molecule has 2 atom stereocenters. The quantitative estimate of drug-likeness (QED) is 0.0344. The molecule has 0 saturated heterocycles. The van der Waals surface area contributed by atoms with Gasteiger partial charge < -0.3 is 14.2 Å². The van der Waals surface area contributed by atoms with E-state index in [-0.39, 0.29) is 31.1 Å². The summed E-state index contributed by atoms with van der Waals surface area (Å²) in [5.41, 5.74) is 0. The molecule has 63 heavy (non-hydrogen) atoms. The van der Waals surface area contributed by atoms with Gasteiger partial charge in [0.1, 0.15) is 13.2 Å². The Hall–Kier alpha value is -1.59. The highest BCUT2D eigenvalue weighted by atomic mass is 16.6. The van der Waals surface area contributed by atoms with E-state index < -0.39 is 6.10 Å². The molecule has 0 aliphatic rings. The molecule has 0 rings (SSSR count). The molecule has 0 heterocycles. The van der Waals surface area contributed by atoms with Crippen molar-refractivity contribution < 1.29 is 28.6 Å². The van der Waals surface area contributed by atoms with E-state index in [1.54, 1.807) is 0 Å². The lowest BCUT2D eigenvalue weighted by Crippen LogP contribution is -2.30. The minimum atomic E-state index is -0.763. The Balaban J connectivity index is 4.29. The van der Waals surface area contributed by atoms with Gasteiger partial charge in [-0.15, -0.1) is 0 Å². The Morgan fingerprint density at radius 1 is 0.333 bits per heavy atom. The van der Waals surface area contributed by atoms with Crippen molar-refractivity contribution in [1.82, 2.24) is 0 Å². The highest BCUT2D eigenvalue weighted by Gasteiger charge is 2.19. The summed E-state index contributed by atoms with van der Waals surface area (Å²) in [5, 5.41) is 0. The van der Waals surface area contributed by atoms with Crippen LogP contribution in [0.1, 0.15) is 317 Å². The molecule has 0 radical (unpaired) electrons. The van der Waals surface area contributed by atoms with Crippen LogP contribution in [0.15, 0.2) is 0 Å². The van der Waals surface area contributed by atoms with Crippen molar-refractivity contribution in [3.05, 3.63) is 0 Å². The number of ether oxygens (including phenoxy) is 3. The molecular weight excluding hydrogens is 781 g/mol. The van der Waals surface area contributed by atoms with Crippen molar-refractivity contribution in [2.24, 2.45) is 11.8 Å². The molecule has 6 heteroatoms. The summed E-state index contributed by atoms with van der Waals surface area (Å²) in [6.45, 7) is 11.4. The lowest BCUT2D eigenvalue weighted by atomic mass is 9.99. The van der Waals surface area contributed by atoms with Crippen molar-refractivity contribution in [1.29, 1.82) is 0 Å². The SMILES string of the molecule is CCCCCCCCCCCCCCCCCCC(=O)O[C@H](COC(=O)CCCCCCCCCCCCCCCCC(C)C)COC(=O)CCCCCCCCCCC(C)CC. The van der Waals surface area contributed by atoms with Gasteiger partial charge in [0.15, 0.2) is 6.10 Å². The molecule has 0 aromatic rings. The highest BCUT2D eigenvalue weighted by molar-refractivity contribution is 5.71. The molecule has 374 valence electrons. The van der Waals surface area contributed by atoms with E-state index in [4.69, 9.17) is 14.2 Å². The third-order valence-corrected chi connectivity index (χ3v) is 13.3. The Labute approximate surface area is 393 Å². The third-order valence-electron chi connectivity index (χ3n) is 13.3. The van der Waals surface area contributed by atoms with Gasteiger partial charge >= 0.3 is 17.9 Å². The largest absolute Gasteiger partial charge is 0.462 e. The number of esters is 3. The van der Waals surface area contributed by atoms with Crippen molar-refractivity contribution in [3.8, 4) is 0 Å². The molecule has 0 saturated carbocycles. The fraction of sp³-hybridized carbons (Fsp3) is 0.947. The normalized spacial score (nSPS) is 12.5. The van der Waals surface area contributed by atoms with Crippen LogP contribution in [-0.4, -0.2) is 37.2 Å². The average Bonchev–Trinajstić information content (AvgIpc) is 3.27. The van der Waals surface area contributed by atoms with Crippen molar-refractivity contribution in [3.63, 3.8) is 0 Å². The molecule has 0 aromatic carbocycles. The number of unbranched alkanes of at least 4 members (excludes halogenated alkanes) is 35. The Bertz CT molecular complexity index is 964. The van der Waals surface area contributed by atoms with Gasteiger partial charge in [0.25, 0.3) is 0 Å². The number of carbonyl (C=O) groups excluding carboxylic acids is 3. The first-order valence-corrected chi connectivity index (χ1v) is 28.3. The van der Waals surface area contributed by atoms with Gasteiger partial charge in [-0.3, -0.25) is 14.4 Å². The molecule has 6 nitrogen and oxygen atoms in total. The van der Waals surface area contributed by atoms with Gasteiger partial charge in [-0.2, -0.15) is 0 Å². The van der Waals surface area contributed by atoms with E-state index in [1.165, 1.54) is 205 Å². The summed E-state index contributed by atoms with van der Waals surface area (Å²) in [7, 11) is 0. The second-order valence-electron chi connectivity index (χ2n) is 20.3. The summed E-state index contributed by atoms with van der Waals surface area (Å²) in [5.74, 6) is 0.850. The Morgan fingerprint density at radius 2 is 0.603 bits per heavy atom. The first kappa shape index (κ1) is 61.4. The Morgan fingerprint density at radius 3 is 0.905 bits per heavy atom. The predicted octanol–water partition coefficient (Wildman–Crippen LogP) is 18.5. The second kappa shape index (κ2) is 49.8. The zero-order chi connectivity index (χ0) is 46.1. The van der Waals surface area contributed by atoms with Gasteiger partial charge in [-0.05, 0) is 31.1 Å². The molecule has 0 aromatic heterocycles. The maximum Gasteiger partial charge on any atom is 0.306 e. The molecule has 0 spiro atoms. The molecule has 0 aliphatic carbocycles. The molecule has 0 N–H and O–H groups in total. The van der Waals surface area contributed by atoms with Crippen LogP contribution in [-0.2, 0) is 28.6 Å². The average molecular weight is 892 g/mol. The summed E-state index contributed by atoms with van der Waals surface area (Å²) >= 11 is 0. The molecule has 1 unspecified atom stereocenters. The van der Waals surface area contributed by atoms with Crippen LogP contribution in [0.25, 0.3) is 0 Å². The minimum absolute atomic E-state index is 0.0632. The number of rotatable bonds is 51. The van der Waals surface area contributed by atoms with Crippen LogP contribution < -0.4 is 0 Å². The van der Waals surface area contributed by atoms with E-state index >= 15 is 0 Å². The lowest BCUT2D eigenvalue weighted by molar-refractivity contribution is -0.167. The summed E-state index contributed by atoms with van der Waals surface area (Å²) in [4.78, 5) is 38.1. The van der Waals surface area contributed by atoms with Crippen LogP contribution in [0, 0.1) is 11.8 Å². The molecule has 0 fully saturated rings. The zero-order valence-corrected chi connectivity index (χ0v) is 43.2. The zero-order valence-electron chi connectivity index (χ0n) is 43.2. The maximum absolute atomic E-state index is 12.8. The van der Waals surface area contributed by atoms with Gasteiger partial charge in [0.05, 0.1) is 0 Å². The van der Waals surface area contributed by atoms with Crippen molar-refractivity contribution in [2.45, 2.75) is 323 Å². The van der Waals surface area contributed by atoms with E-state index in [9.17, 15) is 14.4 Å². The Kier molecular flexibility index (Phi) is 48.6. The predicted molar refractivity (Wildman–Crippen MR) is 270 cm³/mol. The van der Waals surface area contributed by atoms with E-state index in [1.807, 2.05) is 0 Å². The summed E-state index contributed by atoms with van der Waals surface area (Å²) < 4.78 is 16.9. The first-order chi connectivity index (χ1) is 30.8. The molecule has 0 amide bonds. The second-order valence-corrected chi connectivity index (χ2v) is 20.3. The van der Waals surface area contributed by atoms with Gasteiger partial charge in [0, 0.05) is 19.3 Å². The number of carbonyl (C=O) groups is 3. The number of hydrogen-bond donors (Lipinski definition) is 0. The van der Waals surface area contributed by atoms with E-state index in [0.29, 0.717) is 19.3 Å². The fourth-order valence-electron chi connectivity index (χ4n) is 8.66. The first-order valence-electron chi connectivity index (χ1n) is 28.3. The molecule has 0 aliphatic heterocycles. The van der Waals surface area contributed by atoms with E-state index in [2.05, 4.69) is 34.6 Å². The summed E-state index contributed by atoms with van der Waals surface area (Å²) in [6, 6.07) is 0. The third kappa shape index (κ3) is 49.7. The lowest BCUT2D eigenvalue weighted by Gasteiger charge is -2.18. The van der Waals surface area contributed by atoms with Crippen LogP contribution in [0.4, 0.5) is 0 Å². The standard InChI is InChI=1S/C57H110O6/c1-6-8-9-10-11-12-13-14-15-16-21-24-27-34-39-44-49-57(60)63-54(51-62-56(59)48-43-38-33-29-28-31-36-41-46-53(5)7-2)50-61-55(58)47-42-37-32-26-23-20-18-17-19-22-25-30-35-40-45-52(3)4/h52-54H,6-51H2,1-5H3/t53?,54-/m1/s1. The maximum atomic E-state index is 12.8. The summed E-state index contributed by atoms with van der Waals surface area (Å²) in [6.07, 6.45) is 52.3. The van der Waals surface area contributed by atoms with Crippen molar-refractivity contribution >= 4 is 17.9 Å². The van der Waals surface area contributed by atoms with Crippen LogP contribution in [0.5, 0.6) is 0 Å².